The minimum atomic E-state index is -0.765. The van der Waals surface area contributed by atoms with Crippen LogP contribution in [0.4, 0.5) is 21.8 Å². The number of amides is 1. The van der Waals surface area contributed by atoms with E-state index in [1.54, 1.807) is 54.6 Å². The standard InChI is InChI=1S/C23H19FN6O2/c24-20-15-26-23(28-21(20)29-30(25)22(31)16-7-3-1-4-8-16)27-17-11-13-19(14-12-17)32-18-9-5-2-6-10-18/h1-15H,25H2,(H2,26,27,28,29). The first-order valence-electron chi connectivity index (χ1n) is 9.62. The molecule has 0 radical (unpaired) electrons. The molecule has 3 aromatic carbocycles. The predicted octanol–water partition coefficient (Wildman–Crippen LogP) is 4.49. The van der Waals surface area contributed by atoms with Gasteiger partial charge in [0, 0.05) is 11.3 Å². The van der Waals surface area contributed by atoms with Gasteiger partial charge in [-0.3, -0.25) is 10.2 Å². The van der Waals surface area contributed by atoms with Gasteiger partial charge < -0.3 is 10.1 Å². The maximum atomic E-state index is 14.2. The third-order valence-corrected chi connectivity index (χ3v) is 4.30. The number of para-hydroxylation sites is 1. The number of carbonyl (C=O) groups is 1. The van der Waals surface area contributed by atoms with Crippen molar-refractivity contribution in [1.82, 2.24) is 15.1 Å². The molecule has 32 heavy (non-hydrogen) atoms. The summed E-state index contributed by atoms with van der Waals surface area (Å²) in [7, 11) is 0. The number of halogens is 1. The number of hydrogen-bond acceptors (Lipinski definition) is 7. The molecular formula is C23H19FN6O2. The molecule has 0 aliphatic rings. The molecular weight excluding hydrogens is 411 g/mol. The molecule has 0 fully saturated rings. The number of nitrogens with one attached hydrogen (secondary N) is 2. The number of hydrazine groups is 2. The highest BCUT2D eigenvalue weighted by molar-refractivity contribution is 5.94. The van der Waals surface area contributed by atoms with Crippen LogP contribution in [0.25, 0.3) is 0 Å². The monoisotopic (exact) mass is 430 g/mol. The molecule has 1 aromatic heterocycles. The maximum Gasteiger partial charge on any atom is 0.287 e. The lowest BCUT2D eigenvalue weighted by atomic mass is 10.2. The van der Waals surface area contributed by atoms with E-state index in [9.17, 15) is 9.18 Å². The zero-order chi connectivity index (χ0) is 22.3. The Balaban J connectivity index is 1.42. The number of hydrogen-bond donors (Lipinski definition) is 3. The first kappa shape index (κ1) is 20.8. The number of carbonyl (C=O) groups excluding carboxylic acids is 1. The van der Waals surface area contributed by atoms with Gasteiger partial charge in [0.2, 0.25) is 5.95 Å². The van der Waals surface area contributed by atoms with Gasteiger partial charge in [0.25, 0.3) is 5.91 Å². The van der Waals surface area contributed by atoms with Crippen LogP contribution >= 0.6 is 0 Å². The van der Waals surface area contributed by atoms with Crippen molar-refractivity contribution in [3.63, 3.8) is 0 Å². The molecule has 0 bridgehead atoms. The molecule has 9 heteroatoms. The van der Waals surface area contributed by atoms with Crippen LogP contribution in [0.15, 0.2) is 91.1 Å². The molecule has 0 saturated heterocycles. The number of nitrogens with two attached hydrogens (primary N) is 1. The molecule has 1 amide bonds. The van der Waals surface area contributed by atoms with Gasteiger partial charge in [0.05, 0.1) is 6.20 Å². The van der Waals surface area contributed by atoms with Gasteiger partial charge in [0.1, 0.15) is 11.5 Å². The van der Waals surface area contributed by atoms with E-state index in [0.717, 1.165) is 11.9 Å². The van der Waals surface area contributed by atoms with E-state index in [4.69, 9.17) is 10.6 Å². The number of nitrogens with zero attached hydrogens (tertiary/aromatic N) is 3. The van der Waals surface area contributed by atoms with Crippen molar-refractivity contribution in [2.75, 3.05) is 10.7 Å². The van der Waals surface area contributed by atoms with Crippen molar-refractivity contribution in [3.05, 3.63) is 103 Å². The first-order valence-corrected chi connectivity index (χ1v) is 9.62. The topological polar surface area (TPSA) is 105 Å². The molecule has 0 spiro atoms. The average Bonchev–Trinajstić information content (AvgIpc) is 2.83. The second-order valence-corrected chi connectivity index (χ2v) is 6.61. The number of ether oxygens (including phenoxy) is 1. The van der Waals surface area contributed by atoms with Gasteiger partial charge in [-0.2, -0.15) is 10.1 Å². The van der Waals surface area contributed by atoms with Crippen LogP contribution in [0.2, 0.25) is 0 Å². The van der Waals surface area contributed by atoms with Crippen LogP contribution in [0.3, 0.4) is 0 Å². The van der Waals surface area contributed by atoms with E-state index in [2.05, 4.69) is 20.7 Å². The second-order valence-electron chi connectivity index (χ2n) is 6.61. The van der Waals surface area contributed by atoms with E-state index < -0.39 is 11.7 Å². The van der Waals surface area contributed by atoms with Crippen molar-refractivity contribution < 1.29 is 13.9 Å². The summed E-state index contributed by atoms with van der Waals surface area (Å²) < 4.78 is 19.9. The van der Waals surface area contributed by atoms with Crippen molar-refractivity contribution >= 4 is 23.4 Å². The second kappa shape index (κ2) is 9.54. The Morgan fingerprint density at radius 2 is 1.53 bits per heavy atom. The van der Waals surface area contributed by atoms with Crippen LogP contribution in [0.5, 0.6) is 11.5 Å². The Morgan fingerprint density at radius 3 is 2.22 bits per heavy atom. The van der Waals surface area contributed by atoms with Crippen molar-refractivity contribution in [2.24, 2.45) is 5.84 Å². The molecule has 4 aromatic rings. The van der Waals surface area contributed by atoms with Crippen LogP contribution in [-0.2, 0) is 0 Å². The SMILES string of the molecule is NN(Nc1nc(Nc2ccc(Oc3ccccc3)cc2)ncc1F)C(=O)c1ccccc1. The summed E-state index contributed by atoms with van der Waals surface area (Å²) >= 11 is 0. The highest BCUT2D eigenvalue weighted by atomic mass is 19.1. The molecule has 0 atom stereocenters. The lowest BCUT2D eigenvalue weighted by molar-refractivity contribution is 0.0792. The lowest BCUT2D eigenvalue weighted by Gasteiger charge is -2.18. The van der Waals surface area contributed by atoms with Crippen LogP contribution in [0, 0.1) is 5.82 Å². The van der Waals surface area contributed by atoms with Gasteiger partial charge in [-0.05, 0) is 48.5 Å². The van der Waals surface area contributed by atoms with Gasteiger partial charge >= 0.3 is 0 Å². The summed E-state index contributed by atoms with van der Waals surface area (Å²) in [6.45, 7) is 0. The van der Waals surface area contributed by atoms with Crippen molar-refractivity contribution in [3.8, 4) is 11.5 Å². The molecule has 0 aliphatic carbocycles. The minimum Gasteiger partial charge on any atom is -0.457 e. The fourth-order valence-electron chi connectivity index (χ4n) is 2.75. The van der Waals surface area contributed by atoms with Crippen molar-refractivity contribution in [1.29, 1.82) is 0 Å². The Morgan fingerprint density at radius 1 is 0.906 bits per heavy atom. The zero-order valence-corrected chi connectivity index (χ0v) is 16.8. The summed E-state index contributed by atoms with van der Waals surface area (Å²) in [6, 6.07) is 24.9. The zero-order valence-electron chi connectivity index (χ0n) is 16.8. The molecule has 4 rings (SSSR count). The third kappa shape index (κ3) is 5.15. The molecule has 4 N–H and O–H groups in total. The highest BCUT2D eigenvalue weighted by Gasteiger charge is 2.15. The average molecular weight is 430 g/mol. The summed E-state index contributed by atoms with van der Waals surface area (Å²) in [5.41, 5.74) is 3.45. The summed E-state index contributed by atoms with van der Waals surface area (Å²) in [5, 5.41) is 3.63. The van der Waals surface area contributed by atoms with E-state index in [-0.39, 0.29) is 11.8 Å². The van der Waals surface area contributed by atoms with Crippen LogP contribution in [0.1, 0.15) is 10.4 Å². The van der Waals surface area contributed by atoms with Crippen molar-refractivity contribution in [2.45, 2.75) is 0 Å². The quantitative estimate of drug-likeness (QED) is 0.225. The molecule has 1 heterocycles. The lowest BCUT2D eigenvalue weighted by Crippen LogP contribution is -2.42. The van der Waals surface area contributed by atoms with Gasteiger partial charge in [-0.25, -0.2) is 15.2 Å². The molecule has 0 unspecified atom stereocenters. The molecule has 0 saturated carbocycles. The highest BCUT2D eigenvalue weighted by Crippen LogP contribution is 2.24. The fraction of sp³-hybridized carbons (Fsp3) is 0. The Bertz CT molecular complexity index is 1190. The normalized spacial score (nSPS) is 10.3. The van der Waals surface area contributed by atoms with Gasteiger partial charge in [-0.1, -0.05) is 36.4 Å². The third-order valence-electron chi connectivity index (χ3n) is 4.30. The molecule has 160 valence electrons. The first-order chi connectivity index (χ1) is 15.6. The fourth-order valence-corrected chi connectivity index (χ4v) is 2.75. The largest absolute Gasteiger partial charge is 0.457 e. The van der Waals surface area contributed by atoms with Crippen LogP contribution < -0.4 is 21.3 Å². The molecule has 0 aliphatic heterocycles. The Hall–Kier alpha value is -4.50. The summed E-state index contributed by atoms with van der Waals surface area (Å²) in [6.07, 6.45) is 0.978. The summed E-state index contributed by atoms with van der Waals surface area (Å²) in [5.74, 6) is 5.67. The van der Waals surface area contributed by atoms with E-state index in [0.29, 0.717) is 22.1 Å². The van der Waals surface area contributed by atoms with E-state index in [1.807, 2.05) is 30.3 Å². The van der Waals surface area contributed by atoms with Gasteiger partial charge in [0.15, 0.2) is 11.6 Å². The summed E-state index contributed by atoms with van der Waals surface area (Å²) in [4.78, 5) is 20.3. The smallest absolute Gasteiger partial charge is 0.287 e. The number of anilines is 3. The number of aromatic nitrogens is 2. The van der Waals surface area contributed by atoms with E-state index >= 15 is 0 Å². The maximum absolute atomic E-state index is 14.2. The van der Waals surface area contributed by atoms with Gasteiger partial charge in [-0.15, -0.1) is 0 Å². The Kier molecular flexibility index (Phi) is 6.19. The Labute approximate surface area is 183 Å². The number of benzene rings is 3. The van der Waals surface area contributed by atoms with Crippen LogP contribution in [-0.4, -0.2) is 21.0 Å². The minimum absolute atomic E-state index is 0.117. The predicted molar refractivity (Wildman–Crippen MR) is 119 cm³/mol. The van der Waals surface area contributed by atoms with E-state index in [1.165, 1.54) is 0 Å². The number of rotatable bonds is 7. The molecule has 8 nitrogen and oxygen atoms in total.